The molecule has 0 unspecified atom stereocenters. The zero-order valence-electron chi connectivity index (χ0n) is 15.3. The minimum atomic E-state index is -0.974. The summed E-state index contributed by atoms with van der Waals surface area (Å²) in [5.41, 5.74) is 3.63. The standard InChI is InChI=1S/C18H20O4.C3H8/c1-2-14-3-5-15(6-4-14)16-7-9-17(10-8-16)22-12-11-21-13-18(19)20;1-3-2/h3-10H,2,11-13H2,1H3,(H,19,20);3H2,1-2H3. The van der Waals surface area contributed by atoms with Gasteiger partial charge in [-0.05, 0) is 35.2 Å². The number of rotatable bonds is 8. The number of carboxylic acids is 1. The molecule has 2 rings (SSSR count). The van der Waals surface area contributed by atoms with Crippen molar-refractivity contribution in [2.75, 3.05) is 19.8 Å². The van der Waals surface area contributed by atoms with Crippen LogP contribution >= 0.6 is 0 Å². The average molecular weight is 344 g/mol. The Hall–Kier alpha value is -2.33. The Labute approximate surface area is 150 Å². The lowest BCUT2D eigenvalue weighted by Crippen LogP contribution is -2.12. The maximum atomic E-state index is 10.3. The molecule has 0 atom stereocenters. The van der Waals surface area contributed by atoms with E-state index < -0.39 is 5.97 Å². The molecule has 0 saturated carbocycles. The van der Waals surface area contributed by atoms with Crippen LogP contribution in [0.5, 0.6) is 5.75 Å². The van der Waals surface area contributed by atoms with Gasteiger partial charge < -0.3 is 14.6 Å². The second-order valence-electron chi connectivity index (χ2n) is 5.58. The van der Waals surface area contributed by atoms with E-state index in [2.05, 4.69) is 45.0 Å². The Balaban J connectivity index is 0.000000970. The molecule has 2 aromatic rings. The predicted molar refractivity (Wildman–Crippen MR) is 101 cm³/mol. The fraction of sp³-hybridized carbons (Fsp3) is 0.381. The quantitative estimate of drug-likeness (QED) is 0.698. The van der Waals surface area contributed by atoms with Crippen molar-refractivity contribution in [2.24, 2.45) is 0 Å². The Morgan fingerprint density at radius 3 is 1.88 bits per heavy atom. The normalized spacial score (nSPS) is 9.88. The van der Waals surface area contributed by atoms with Crippen LogP contribution in [0.15, 0.2) is 48.5 Å². The van der Waals surface area contributed by atoms with Gasteiger partial charge in [0, 0.05) is 0 Å². The zero-order chi connectivity index (χ0) is 18.5. The summed E-state index contributed by atoms with van der Waals surface area (Å²) in [5.74, 6) is -0.230. The van der Waals surface area contributed by atoms with E-state index in [1.807, 2.05) is 24.3 Å². The van der Waals surface area contributed by atoms with Crippen molar-refractivity contribution in [3.05, 3.63) is 54.1 Å². The molecule has 0 heterocycles. The first-order valence-corrected chi connectivity index (χ1v) is 8.72. The van der Waals surface area contributed by atoms with Crippen LogP contribution in [0.1, 0.15) is 32.8 Å². The van der Waals surface area contributed by atoms with Crippen LogP contribution in [0.4, 0.5) is 0 Å². The molecule has 0 amide bonds. The lowest BCUT2D eigenvalue weighted by molar-refractivity contribution is -0.142. The molecule has 0 aromatic heterocycles. The first-order chi connectivity index (χ1) is 12.1. The molecule has 25 heavy (non-hydrogen) atoms. The maximum Gasteiger partial charge on any atom is 0.329 e. The molecule has 4 heteroatoms. The van der Waals surface area contributed by atoms with Gasteiger partial charge in [-0.1, -0.05) is 63.6 Å². The fourth-order valence-electron chi connectivity index (χ4n) is 2.05. The summed E-state index contributed by atoms with van der Waals surface area (Å²) in [5, 5.41) is 8.44. The highest BCUT2D eigenvalue weighted by molar-refractivity contribution is 5.68. The van der Waals surface area contributed by atoms with Crippen molar-refractivity contribution in [1.82, 2.24) is 0 Å². The van der Waals surface area contributed by atoms with Gasteiger partial charge in [0.15, 0.2) is 0 Å². The van der Waals surface area contributed by atoms with Crippen molar-refractivity contribution in [1.29, 1.82) is 0 Å². The predicted octanol–water partition coefficient (Wildman–Crippen LogP) is 4.81. The van der Waals surface area contributed by atoms with E-state index in [0.717, 1.165) is 17.7 Å². The number of hydrogen-bond acceptors (Lipinski definition) is 3. The van der Waals surface area contributed by atoms with E-state index in [1.54, 1.807) is 0 Å². The third kappa shape index (κ3) is 8.36. The summed E-state index contributed by atoms with van der Waals surface area (Å²) >= 11 is 0. The molecule has 0 spiro atoms. The summed E-state index contributed by atoms with van der Waals surface area (Å²) in [4.78, 5) is 10.3. The van der Waals surface area contributed by atoms with Crippen LogP contribution in [0.25, 0.3) is 11.1 Å². The zero-order valence-corrected chi connectivity index (χ0v) is 15.3. The largest absolute Gasteiger partial charge is 0.491 e. The molecule has 0 fully saturated rings. The monoisotopic (exact) mass is 344 g/mol. The highest BCUT2D eigenvalue weighted by Crippen LogP contribution is 2.23. The third-order valence-electron chi connectivity index (χ3n) is 3.27. The third-order valence-corrected chi connectivity index (χ3v) is 3.27. The van der Waals surface area contributed by atoms with Crippen molar-refractivity contribution in [3.8, 4) is 16.9 Å². The average Bonchev–Trinajstić information content (AvgIpc) is 2.62. The van der Waals surface area contributed by atoms with E-state index in [0.29, 0.717) is 6.61 Å². The highest BCUT2D eigenvalue weighted by Gasteiger charge is 2.00. The van der Waals surface area contributed by atoms with Crippen molar-refractivity contribution < 1.29 is 19.4 Å². The van der Waals surface area contributed by atoms with Crippen molar-refractivity contribution in [3.63, 3.8) is 0 Å². The number of carbonyl (C=O) groups is 1. The van der Waals surface area contributed by atoms with Crippen LogP contribution in [0, 0.1) is 0 Å². The Kier molecular flexibility index (Phi) is 10.0. The van der Waals surface area contributed by atoms with Gasteiger partial charge in [0.25, 0.3) is 0 Å². The summed E-state index contributed by atoms with van der Waals surface area (Å²) in [6.45, 7) is 6.68. The number of hydrogen-bond donors (Lipinski definition) is 1. The summed E-state index contributed by atoms with van der Waals surface area (Å²) in [6.07, 6.45) is 2.29. The van der Waals surface area contributed by atoms with Crippen LogP contribution in [0.2, 0.25) is 0 Å². The summed E-state index contributed by atoms with van der Waals surface area (Å²) < 4.78 is 10.4. The Bertz CT molecular complexity index is 603. The molecule has 0 bridgehead atoms. The van der Waals surface area contributed by atoms with Crippen LogP contribution in [-0.4, -0.2) is 30.9 Å². The maximum absolute atomic E-state index is 10.3. The topological polar surface area (TPSA) is 55.8 Å². The smallest absolute Gasteiger partial charge is 0.329 e. The molecule has 0 radical (unpaired) electrons. The second kappa shape index (κ2) is 12.1. The van der Waals surface area contributed by atoms with Crippen LogP contribution in [-0.2, 0) is 16.0 Å². The van der Waals surface area contributed by atoms with Gasteiger partial charge in [-0.2, -0.15) is 0 Å². The molecule has 0 saturated heterocycles. The van der Waals surface area contributed by atoms with E-state index in [-0.39, 0.29) is 13.2 Å². The van der Waals surface area contributed by atoms with Gasteiger partial charge in [-0.25, -0.2) is 4.79 Å². The number of carboxylic acid groups (broad SMARTS) is 1. The van der Waals surface area contributed by atoms with E-state index in [1.165, 1.54) is 17.5 Å². The molecule has 4 nitrogen and oxygen atoms in total. The lowest BCUT2D eigenvalue weighted by atomic mass is 10.0. The first-order valence-electron chi connectivity index (χ1n) is 8.72. The highest BCUT2D eigenvalue weighted by atomic mass is 16.5. The lowest BCUT2D eigenvalue weighted by Gasteiger charge is -2.08. The van der Waals surface area contributed by atoms with Gasteiger partial charge in [0.05, 0.1) is 6.61 Å². The first kappa shape index (κ1) is 20.7. The summed E-state index contributed by atoms with van der Waals surface area (Å²) in [7, 11) is 0. The van der Waals surface area contributed by atoms with E-state index in [9.17, 15) is 4.79 Å². The van der Waals surface area contributed by atoms with Crippen LogP contribution in [0.3, 0.4) is 0 Å². The molecule has 136 valence electrons. The van der Waals surface area contributed by atoms with Crippen molar-refractivity contribution in [2.45, 2.75) is 33.6 Å². The molecule has 1 N–H and O–H groups in total. The number of aliphatic carboxylic acids is 1. The second-order valence-corrected chi connectivity index (χ2v) is 5.58. The number of ether oxygens (including phenoxy) is 2. The Morgan fingerprint density at radius 2 is 1.40 bits per heavy atom. The summed E-state index contributed by atoms with van der Waals surface area (Å²) in [6, 6.07) is 16.3. The minimum absolute atomic E-state index is 0.256. The minimum Gasteiger partial charge on any atom is -0.491 e. The molecular weight excluding hydrogens is 316 g/mol. The van der Waals surface area contributed by atoms with Gasteiger partial charge in [0.1, 0.15) is 19.0 Å². The molecular formula is C21H28O4. The molecule has 0 aliphatic carbocycles. The van der Waals surface area contributed by atoms with Gasteiger partial charge >= 0.3 is 5.97 Å². The van der Waals surface area contributed by atoms with Crippen LogP contribution < -0.4 is 4.74 Å². The molecule has 2 aromatic carbocycles. The van der Waals surface area contributed by atoms with E-state index >= 15 is 0 Å². The molecule has 0 aliphatic rings. The van der Waals surface area contributed by atoms with Crippen molar-refractivity contribution >= 4 is 5.97 Å². The molecule has 0 aliphatic heterocycles. The van der Waals surface area contributed by atoms with E-state index in [4.69, 9.17) is 14.6 Å². The number of aryl methyl sites for hydroxylation is 1. The fourth-order valence-corrected chi connectivity index (χ4v) is 2.05. The van der Waals surface area contributed by atoms with Gasteiger partial charge in [0.2, 0.25) is 0 Å². The number of benzene rings is 2. The SMILES string of the molecule is CCC.CCc1ccc(-c2ccc(OCCOCC(=O)O)cc2)cc1. The Morgan fingerprint density at radius 1 is 0.880 bits per heavy atom. The van der Waals surface area contributed by atoms with Gasteiger partial charge in [-0.15, -0.1) is 0 Å². The van der Waals surface area contributed by atoms with Gasteiger partial charge in [-0.3, -0.25) is 0 Å².